The van der Waals surface area contributed by atoms with Crippen molar-refractivity contribution < 1.29 is 9.26 Å². The van der Waals surface area contributed by atoms with Crippen LogP contribution in [0, 0.1) is 0 Å². The fourth-order valence-corrected chi connectivity index (χ4v) is 2.86. The molecule has 0 radical (unpaired) electrons. The fourth-order valence-electron chi connectivity index (χ4n) is 2.86. The molecule has 22 heavy (non-hydrogen) atoms. The van der Waals surface area contributed by atoms with E-state index in [0.29, 0.717) is 0 Å². The Morgan fingerprint density at radius 1 is 1.41 bits per heavy atom. The van der Waals surface area contributed by atoms with Gasteiger partial charge in [0.1, 0.15) is 5.76 Å². The molecule has 3 rings (SSSR count). The molecular formula is C15H23N5O2. The number of rotatable bonds is 4. The van der Waals surface area contributed by atoms with Crippen molar-refractivity contribution >= 4 is 0 Å². The maximum atomic E-state index is 5.61. The molecule has 7 nitrogen and oxygen atoms in total. The second-order valence-electron chi connectivity index (χ2n) is 6.90. The zero-order valence-corrected chi connectivity index (χ0v) is 13.5. The van der Waals surface area contributed by atoms with Crippen LogP contribution >= 0.6 is 0 Å². The van der Waals surface area contributed by atoms with Gasteiger partial charge in [-0.05, 0) is 0 Å². The molecule has 2 atom stereocenters. The van der Waals surface area contributed by atoms with Gasteiger partial charge in [-0.15, -0.1) is 0 Å². The largest absolute Gasteiger partial charge is 0.379 e. The van der Waals surface area contributed by atoms with Crippen molar-refractivity contribution in [1.82, 2.24) is 25.5 Å². The molecule has 0 aliphatic carbocycles. The van der Waals surface area contributed by atoms with E-state index in [0.717, 1.165) is 36.8 Å². The zero-order valence-electron chi connectivity index (χ0n) is 13.5. The average molecular weight is 305 g/mol. The lowest BCUT2D eigenvalue weighted by atomic mass is 9.93. The van der Waals surface area contributed by atoms with Crippen LogP contribution in [0.25, 0.3) is 0 Å². The van der Waals surface area contributed by atoms with Crippen LogP contribution in [0.2, 0.25) is 0 Å². The highest BCUT2D eigenvalue weighted by atomic mass is 16.5. The van der Waals surface area contributed by atoms with Crippen LogP contribution in [-0.2, 0) is 16.7 Å². The average Bonchev–Trinajstić information content (AvgIpc) is 3.17. The summed E-state index contributed by atoms with van der Waals surface area (Å²) in [7, 11) is 1.75. The molecule has 0 aromatic carbocycles. The number of nitrogens with zero attached hydrogens (tertiary/aromatic N) is 4. The van der Waals surface area contributed by atoms with Crippen LogP contribution in [0.15, 0.2) is 16.8 Å². The fraction of sp³-hybridized carbons (Fsp3) is 0.667. The molecule has 7 heteroatoms. The molecule has 1 aliphatic heterocycles. The topological polar surface area (TPSA) is 80.1 Å². The highest BCUT2D eigenvalue weighted by Gasteiger charge is 2.36. The molecule has 0 unspecified atom stereocenters. The molecule has 1 N–H and O–H groups in total. The Morgan fingerprint density at radius 2 is 2.23 bits per heavy atom. The molecule has 3 heterocycles. The van der Waals surface area contributed by atoms with Gasteiger partial charge in [0.25, 0.3) is 0 Å². The van der Waals surface area contributed by atoms with Gasteiger partial charge in [0, 0.05) is 44.1 Å². The van der Waals surface area contributed by atoms with Crippen molar-refractivity contribution in [3.63, 3.8) is 0 Å². The van der Waals surface area contributed by atoms with Gasteiger partial charge in [-0.3, -0.25) is 4.90 Å². The third kappa shape index (κ3) is 3.05. The number of nitrogens with one attached hydrogen (secondary N) is 1. The van der Waals surface area contributed by atoms with E-state index in [1.165, 1.54) is 0 Å². The third-order valence-electron chi connectivity index (χ3n) is 4.14. The Hall–Kier alpha value is -1.73. The molecular weight excluding hydrogens is 282 g/mol. The molecule has 2 aromatic heterocycles. The van der Waals surface area contributed by atoms with Gasteiger partial charge in [-0.2, -0.15) is 15.4 Å². The van der Waals surface area contributed by atoms with E-state index in [1.54, 1.807) is 13.3 Å². The lowest BCUT2D eigenvalue weighted by Crippen LogP contribution is -2.22. The smallest absolute Gasteiger partial charge is 0.142 e. The number of H-pyrrole nitrogens is 1. The molecule has 1 fully saturated rings. The number of aromatic amines is 1. The summed E-state index contributed by atoms with van der Waals surface area (Å²) < 4.78 is 11.1. The Balaban J connectivity index is 1.68. The van der Waals surface area contributed by atoms with Crippen LogP contribution in [0.3, 0.4) is 0 Å². The standard InChI is InChI=1S/C15H23N5O2/c1-15(2,3)14-5-10(18-22-14)7-20-8-11(13(9-20)21-4)12-6-16-19-17-12/h5-6,11,13H,7-9H2,1-4H3,(H,16,17,19)/t11-,13+/m0/s1. The first-order valence-electron chi connectivity index (χ1n) is 7.54. The summed E-state index contributed by atoms with van der Waals surface area (Å²) in [4.78, 5) is 2.32. The third-order valence-corrected chi connectivity index (χ3v) is 4.14. The van der Waals surface area contributed by atoms with Gasteiger partial charge < -0.3 is 9.26 Å². The minimum Gasteiger partial charge on any atom is -0.379 e. The van der Waals surface area contributed by atoms with Gasteiger partial charge in [-0.25, -0.2) is 0 Å². The first kappa shape index (κ1) is 15.2. The van der Waals surface area contributed by atoms with Crippen LogP contribution < -0.4 is 0 Å². The molecule has 0 amide bonds. The van der Waals surface area contributed by atoms with Crippen molar-refractivity contribution in [3.8, 4) is 0 Å². The van der Waals surface area contributed by atoms with Crippen LogP contribution in [0.1, 0.15) is 43.8 Å². The predicted octanol–water partition coefficient (Wildman–Crippen LogP) is 1.70. The zero-order chi connectivity index (χ0) is 15.7. The molecule has 0 bridgehead atoms. The predicted molar refractivity (Wildman–Crippen MR) is 80.4 cm³/mol. The maximum absolute atomic E-state index is 5.61. The summed E-state index contributed by atoms with van der Waals surface area (Å²) >= 11 is 0. The highest BCUT2D eigenvalue weighted by Crippen LogP contribution is 2.29. The molecule has 2 aromatic rings. The van der Waals surface area contributed by atoms with E-state index in [9.17, 15) is 0 Å². The minimum atomic E-state index is -0.0193. The van der Waals surface area contributed by atoms with Gasteiger partial charge in [-0.1, -0.05) is 25.9 Å². The summed E-state index contributed by atoms with van der Waals surface area (Å²) in [5, 5.41) is 15.0. The van der Waals surface area contributed by atoms with Gasteiger partial charge >= 0.3 is 0 Å². The van der Waals surface area contributed by atoms with E-state index in [-0.39, 0.29) is 17.4 Å². The van der Waals surface area contributed by atoms with Crippen LogP contribution in [0.5, 0.6) is 0 Å². The minimum absolute atomic E-state index is 0.0193. The molecule has 120 valence electrons. The second kappa shape index (κ2) is 5.81. The molecule has 0 saturated carbocycles. The summed E-state index contributed by atoms with van der Waals surface area (Å²) in [6.45, 7) is 8.85. The Kier molecular flexibility index (Phi) is 4.01. The van der Waals surface area contributed by atoms with Crippen molar-refractivity contribution in [2.75, 3.05) is 20.2 Å². The van der Waals surface area contributed by atoms with E-state index in [1.807, 2.05) is 6.07 Å². The van der Waals surface area contributed by atoms with Crippen molar-refractivity contribution in [2.24, 2.45) is 0 Å². The molecule has 1 saturated heterocycles. The summed E-state index contributed by atoms with van der Waals surface area (Å²) in [5.41, 5.74) is 1.89. The monoisotopic (exact) mass is 305 g/mol. The first-order valence-corrected chi connectivity index (χ1v) is 7.54. The number of ether oxygens (including phenoxy) is 1. The maximum Gasteiger partial charge on any atom is 0.142 e. The lowest BCUT2D eigenvalue weighted by Gasteiger charge is -2.13. The summed E-state index contributed by atoms with van der Waals surface area (Å²) in [6.07, 6.45) is 1.90. The lowest BCUT2D eigenvalue weighted by molar-refractivity contribution is 0.0955. The summed E-state index contributed by atoms with van der Waals surface area (Å²) in [5.74, 6) is 1.15. The van der Waals surface area contributed by atoms with Crippen molar-refractivity contribution in [1.29, 1.82) is 0 Å². The quantitative estimate of drug-likeness (QED) is 0.926. The highest BCUT2D eigenvalue weighted by molar-refractivity contribution is 5.14. The van der Waals surface area contributed by atoms with E-state index in [4.69, 9.17) is 9.26 Å². The van der Waals surface area contributed by atoms with Gasteiger partial charge in [0.2, 0.25) is 0 Å². The van der Waals surface area contributed by atoms with Crippen molar-refractivity contribution in [3.05, 3.63) is 29.4 Å². The van der Waals surface area contributed by atoms with E-state index < -0.39 is 0 Å². The SMILES string of the molecule is CO[C@@H]1CN(Cc2cc(C(C)(C)C)on2)C[C@H]1c1cn[nH]n1. The van der Waals surface area contributed by atoms with Gasteiger partial charge in [0.15, 0.2) is 0 Å². The van der Waals surface area contributed by atoms with E-state index >= 15 is 0 Å². The van der Waals surface area contributed by atoms with Crippen molar-refractivity contribution in [2.45, 2.75) is 44.8 Å². The van der Waals surface area contributed by atoms with Crippen LogP contribution in [-0.4, -0.2) is 51.8 Å². The number of hydrogen-bond donors (Lipinski definition) is 1. The number of likely N-dealkylation sites (tertiary alicyclic amines) is 1. The van der Waals surface area contributed by atoms with E-state index in [2.05, 4.69) is 46.2 Å². The van der Waals surface area contributed by atoms with Crippen LogP contribution in [0.4, 0.5) is 0 Å². The first-order chi connectivity index (χ1) is 10.5. The molecule has 1 aliphatic rings. The van der Waals surface area contributed by atoms with Gasteiger partial charge in [0.05, 0.1) is 23.7 Å². The Bertz CT molecular complexity index is 602. The second-order valence-corrected chi connectivity index (χ2v) is 6.90. The summed E-state index contributed by atoms with van der Waals surface area (Å²) in [6, 6.07) is 2.05. The normalized spacial score (nSPS) is 23.3. The Labute approximate surface area is 130 Å². The number of aromatic nitrogens is 4. The number of methoxy groups -OCH3 is 1. The number of hydrogen-bond acceptors (Lipinski definition) is 6. The Morgan fingerprint density at radius 3 is 2.82 bits per heavy atom. The molecule has 0 spiro atoms.